The Bertz CT molecular complexity index is 159. The number of likely N-dealkylation sites (N-methyl/N-ethyl adjacent to an activating group) is 1. The van der Waals surface area contributed by atoms with Gasteiger partial charge in [-0.15, -0.1) is 0 Å². The van der Waals surface area contributed by atoms with Crippen molar-refractivity contribution in [3.8, 4) is 0 Å². The fourth-order valence-corrected chi connectivity index (χ4v) is 2.24. The summed E-state index contributed by atoms with van der Waals surface area (Å²) in [5.74, 6) is 0.786. The smallest absolute Gasteiger partial charge is 0.0232 e. The molecule has 0 radical (unpaired) electrons. The minimum absolute atomic E-state index is 0.734. The van der Waals surface area contributed by atoms with Crippen molar-refractivity contribution in [3.05, 3.63) is 0 Å². The molecule has 0 bridgehead atoms. The quantitative estimate of drug-likeness (QED) is 0.704. The van der Waals surface area contributed by atoms with Gasteiger partial charge in [0.05, 0.1) is 0 Å². The Morgan fingerprint density at radius 2 is 2.21 bits per heavy atom. The van der Waals surface area contributed by atoms with Crippen molar-refractivity contribution in [2.24, 2.45) is 11.7 Å². The van der Waals surface area contributed by atoms with Crippen molar-refractivity contribution in [1.82, 2.24) is 9.80 Å². The van der Waals surface area contributed by atoms with Crippen LogP contribution in [0.15, 0.2) is 0 Å². The molecule has 0 aromatic heterocycles. The molecule has 2 N–H and O–H groups in total. The SMILES string of the molecule is CC(C)CN1CCC(N(C)CCN)C1. The van der Waals surface area contributed by atoms with Crippen molar-refractivity contribution in [2.75, 3.05) is 39.8 Å². The summed E-state index contributed by atoms with van der Waals surface area (Å²) in [4.78, 5) is 4.97. The van der Waals surface area contributed by atoms with E-state index in [1.165, 1.54) is 26.1 Å². The van der Waals surface area contributed by atoms with Crippen molar-refractivity contribution < 1.29 is 0 Å². The van der Waals surface area contributed by atoms with E-state index < -0.39 is 0 Å². The Balaban J connectivity index is 2.26. The number of hydrogen-bond acceptors (Lipinski definition) is 3. The van der Waals surface area contributed by atoms with Crippen LogP contribution in [0.25, 0.3) is 0 Å². The lowest BCUT2D eigenvalue weighted by molar-refractivity contribution is 0.228. The Labute approximate surface area is 88.2 Å². The van der Waals surface area contributed by atoms with Crippen molar-refractivity contribution >= 4 is 0 Å². The molecule has 0 spiro atoms. The van der Waals surface area contributed by atoms with Gasteiger partial charge in [0.2, 0.25) is 0 Å². The van der Waals surface area contributed by atoms with Gasteiger partial charge >= 0.3 is 0 Å². The van der Waals surface area contributed by atoms with Crippen LogP contribution < -0.4 is 5.73 Å². The lowest BCUT2D eigenvalue weighted by atomic mass is 10.2. The summed E-state index contributed by atoms with van der Waals surface area (Å²) in [6.07, 6.45) is 1.31. The minimum Gasteiger partial charge on any atom is -0.329 e. The van der Waals surface area contributed by atoms with Crippen molar-refractivity contribution in [3.63, 3.8) is 0 Å². The van der Waals surface area contributed by atoms with Gasteiger partial charge in [-0.05, 0) is 25.9 Å². The Morgan fingerprint density at radius 3 is 2.79 bits per heavy atom. The molecule has 1 aliphatic rings. The van der Waals surface area contributed by atoms with Crippen molar-refractivity contribution in [2.45, 2.75) is 26.3 Å². The number of nitrogens with two attached hydrogens (primary N) is 1. The van der Waals surface area contributed by atoms with Gasteiger partial charge in [-0.3, -0.25) is 0 Å². The second-order valence-electron chi connectivity index (χ2n) is 4.87. The first kappa shape index (κ1) is 12.0. The molecule has 14 heavy (non-hydrogen) atoms. The van der Waals surface area contributed by atoms with E-state index >= 15 is 0 Å². The molecule has 1 saturated heterocycles. The van der Waals surface area contributed by atoms with E-state index in [1.807, 2.05) is 0 Å². The molecule has 0 aliphatic carbocycles. The van der Waals surface area contributed by atoms with Gasteiger partial charge in [0.25, 0.3) is 0 Å². The molecule has 0 aromatic carbocycles. The van der Waals surface area contributed by atoms with Crippen LogP contribution in [-0.2, 0) is 0 Å². The predicted molar refractivity (Wildman–Crippen MR) is 61.4 cm³/mol. The van der Waals surface area contributed by atoms with E-state index in [4.69, 9.17) is 5.73 Å². The summed E-state index contributed by atoms with van der Waals surface area (Å²) in [7, 11) is 2.19. The van der Waals surface area contributed by atoms with Gasteiger partial charge in [0, 0.05) is 32.2 Å². The van der Waals surface area contributed by atoms with Gasteiger partial charge in [-0.2, -0.15) is 0 Å². The molecule has 84 valence electrons. The lowest BCUT2D eigenvalue weighted by Gasteiger charge is -2.24. The average molecular weight is 199 g/mol. The van der Waals surface area contributed by atoms with Gasteiger partial charge in [-0.1, -0.05) is 13.8 Å². The van der Waals surface area contributed by atoms with Crippen LogP contribution in [0.1, 0.15) is 20.3 Å². The van der Waals surface area contributed by atoms with Crippen molar-refractivity contribution in [1.29, 1.82) is 0 Å². The summed E-state index contributed by atoms with van der Waals surface area (Å²) in [6, 6.07) is 0.734. The van der Waals surface area contributed by atoms with Crippen LogP contribution in [0.4, 0.5) is 0 Å². The maximum atomic E-state index is 5.56. The Hall–Kier alpha value is -0.120. The van der Waals surface area contributed by atoms with E-state index in [1.54, 1.807) is 0 Å². The predicted octanol–water partition coefficient (Wildman–Crippen LogP) is 0.607. The number of rotatable bonds is 5. The Kier molecular flexibility index (Phi) is 4.85. The van der Waals surface area contributed by atoms with E-state index in [2.05, 4.69) is 30.7 Å². The molecule has 1 fully saturated rings. The van der Waals surface area contributed by atoms with E-state index in [9.17, 15) is 0 Å². The number of nitrogens with zero attached hydrogens (tertiary/aromatic N) is 2. The molecule has 3 heteroatoms. The molecule has 0 amide bonds. The van der Waals surface area contributed by atoms with Crippen LogP contribution in [0.5, 0.6) is 0 Å². The van der Waals surface area contributed by atoms with Gasteiger partial charge in [-0.25, -0.2) is 0 Å². The summed E-state index contributed by atoms with van der Waals surface area (Å²) in [5.41, 5.74) is 5.56. The molecule has 1 rings (SSSR count). The third-order valence-electron chi connectivity index (χ3n) is 2.98. The van der Waals surface area contributed by atoms with Gasteiger partial charge < -0.3 is 15.5 Å². The second kappa shape index (κ2) is 5.69. The third-order valence-corrected chi connectivity index (χ3v) is 2.98. The first-order valence-electron chi connectivity index (χ1n) is 5.76. The van der Waals surface area contributed by atoms with Crippen LogP contribution in [0.2, 0.25) is 0 Å². The fourth-order valence-electron chi connectivity index (χ4n) is 2.24. The molecule has 1 heterocycles. The monoisotopic (exact) mass is 199 g/mol. The highest BCUT2D eigenvalue weighted by Gasteiger charge is 2.25. The maximum Gasteiger partial charge on any atom is 0.0232 e. The van der Waals surface area contributed by atoms with Gasteiger partial charge in [0.1, 0.15) is 0 Å². The molecule has 0 saturated carbocycles. The highest BCUT2D eigenvalue weighted by Crippen LogP contribution is 2.15. The molecular weight excluding hydrogens is 174 g/mol. The fraction of sp³-hybridized carbons (Fsp3) is 1.00. The lowest BCUT2D eigenvalue weighted by Crippen LogP contribution is -2.38. The molecule has 0 aromatic rings. The molecule has 1 unspecified atom stereocenters. The summed E-state index contributed by atoms with van der Waals surface area (Å²) < 4.78 is 0. The molecule has 1 atom stereocenters. The number of likely N-dealkylation sites (tertiary alicyclic amines) is 1. The highest BCUT2D eigenvalue weighted by atomic mass is 15.2. The van der Waals surface area contributed by atoms with Crippen LogP contribution in [0.3, 0.4) is 0 Å². The summed E-state index contributed by atoms with van der Waals surface area (Å²) >= 11 is 0. The standard InChI is InChI=1S/C11H25N3/c1-10(2)8-14-6-4-11(9-14)13(3)7-5-12/h10-11H,4-9,12H2,1-3H3. The molecule has 3 nitrogen and oxygen atoms in total. The second-order valence-corrected chi connectivity index (χ2v) is 4.87. The molecule has 1 aliphatic heterocycles. The maximum absolute atomic E-state index is 5.56. The summed E-state index contributed by atoms with van der Waals surface area (Å²) in [6.45, 7) is 10.1. The van der Waals surface area contributed by atoms with E-state index in [-0.39, 0.29) is 0 Å². The zero-order valence-electron chi connectivity index (χ0n) is 9.87. The largest absolute Gasteiger partial charge is 0.329 e. The zero-order valence-corrected chi connectivity index (χ0v) is 9.87. The van der Waals surface area contributed by atoms with Crippen LogP contribution >= 0.6 is 0 Å². The van der Waals surface area contributed by atoms with E-state index in [0.29, 0.717) is 0 Å². The average Bonchev–Trinajstić information content (AvgIpc) is 2.52. The topological polar surface area (TPSA) is 32.5 Å². The highest BCUT2D eigenvalue weighted by molar-refractivity contribution is 4.82. The van der Waals surface area contributed by atoms with Crippen LogP contribution in [-0.4, -0.2) is 55.6 Å². The third kappa shape index (κ3) is 3.56. The minimum atomic E-state index is 0.734. The Morgan fingerprint density at radius 1 is 1.50 bits per heavy atom. The number of hydrogen-bond donors (Lipinski definition) is 1. The normalized spacial score (nSPS) is 24.0. The zero-order chi connectivity index (χ0) is 10.6. The van der Waals surface area contributed by atoms with E-state index in [0.717, 1.165) is 25.0 Å². The first-order chi connectivity index (χ1) is 6.63. The van der Waals surface area contributed by atoms with Gasteiger partial charge in [0.15, 0.2) is 0 Å². The van der Waals surface area contributed by atoms with Crippen LogP contribution in [0, 0.1) is 5.92 Å². The first-order valence-corrected chi connectivity index (χ1v) is 5.76. The molecular formula is C11H25N3. The summed E-state index contributed by atoms with van der Waals surface area (Å²) in [5, 5.41) is 0.